The van der Waals surface area contributed by atoms with Gasteiger partial charge >= 0.3 is 0 Å². The molecule has 2 aromatic rings. The standard InChI is InChI=1S/C15H18N2O2S/c1-9-5-6-13(10(2)7-9)19-12(4)14(18)17-15-16-11(3)8-20-15/h5-8,12H,1-4H3,(H,16,17,18)/t12-/m0/s1. The minimum absolute atomic E-state index is 0.195. The van der Waals surface area contributed by atoms with E-state index in [0.29, 0.717) is 5.13 Å². The number of carbonyl (C=O) groups is 1. The van der Waals surface area contributed by atoms with Crippen LogP contribution < -0.4 is 10.1 Å². The highest BCUT2D eigenvalue weighted by Crippen LogP contribution is 2.21. The molecule has 106 valence electrons. The first-order chi connectivity index (χ1) is 9.45. The summed E-state index contributed by atoms with van der Waals surface area (Å²) >= 11 is 1.41. The second-order valence-corrected chi connectivity index (χ2v) is 5.67. The molecule has 1 heterocycles. The molecule has 0 aliphatic carbocycles. The number of thiazole rings is 1. The van der Waals surface area contributed by atoms with Crippen molar-refractivity contribution in [2.45, 2.75) is 33.8 Å². The number of hydrogen-bond acceptors (Lipinski definition) is 4. The fraction of sp³-hybridized carbons (Fsp3) is 0.333. The number of ether oxygens (including phenoxy) is 1. The summed E-state index contributed by atoms with van der Waals surface area (Å²) in [7, 11) is 0. The molecule has 1 atom stereocenters. The van der Waals surface area contributed by atoms with Gasteiger partial charge in [0.15, 0.2) is 11.2 Å². The molecule has 0 saturated heterocycles. The second-order valence-electron chi connectivity index (χ2n) is 4.81. The van der Waals surface area contributed by atoms with E-state index in [9.17, 15) is 4.79 Å². The van der Waals surface area contributed by atoms with Crippen molar-refractivity contribution < 1.29 is 9.53 Å². The zero-order valence-electron chi connectivity index (χ0n) is 12.1. The smallest absolute Gasteiger partial charge is 0.266 e. The Labute approximate surface area is 122 Å². The molecule has 5 heteroatoms. The quantitative estimate of drug-likeness (QED) is 0.938. The van der Waals surface area contributed by atoms with Crippen LogP contribution in [0, 0.1) is 20.8 Å². The van der Waals surface area contributed by atoms with E-state index < -0.39 is 6.10 Å². The number of aryl methyl sites for hydroxylation is 3. The Morgan fingerprint density at radius 2 is 2.10 bits per heavy atom. The predicted octanol–water partition coefficient (Wildman–Crippen LogP) is 3.47. The molecular weight excluding hydrogens is 272 g/mol. The molecule has 0 spiro atoms. The maximum atomic E-state index is 12.0. The zero-order valence-corrected chi connectivity index (χ0v) is 12.9. The van der Waals surface area contributed by atoms with Crippen molar-refractivity contribution >= 4 is 22.4 Å². The topological polar surface area (TPSA) is 51.2 Å². The molecular formula is C15H18N2O2S. The van der Waals surface area contributed by atoms with Gasteiger partial charge in [0.25, 0.3) is 5.91 Å². The summed E-state index contributed by atoms with van der Waals surface area (Å²) in [6, 6.07) is 5.89. The number of nitrogens with one attached hydrogen (secondary N) is 1. The van der Waals surface area contributed by atoms with Crippen LogP contribution in [0.25, 0.3) is 0 Å². The van der Waals surface area contributed by atoms with Gasteiger partial charge in [-0.05, 0) is 39.3 Å². The van der Waals surface area contributed by atoms with Crippen molar-refractivity contribution in [3.63, 3.8) is 0 Å². The highest BCUT2D eigenvalue weighted by molar-refractivity contribution is 7.13. The number of benzene rings is 1. The van der Waals surface area contributed by atoms with Crippen LogP contribution in [0.5, 0.6) is 5.75 Å². The summed E-state index contributed by atoms with van der Waals surface area (Å²) in [6.45, 7) is 7.62. The Bertz CT molecular complexity index is 622. The van der Waals surface area contributed by atoms with Crippen LogP contribution in [0.1, 0.15) is 23.7 Å². The van der Waals surface area contributed by atoms with E-state index in [1.54, 1.807) is 6.92 Å². The molecule has 20 heavy (non-hydrogen) atoms. The first-order valence-electron chi connectivity index (χ1n) is 6.42. The van der Waals surface area contributed by atoms with Crippen LogP contribution in [0.3, 0.4) is 0 Å². The zero-order chi connectivity index (χ0) is 14.7. The average molecular weight is 290 g/mol. The van der Waals surface area contributed by atoms with E-state index >= 15 is 0 Å². The van der Waals surface area contributed by atoms with Gasteiger partial charge in [0, 0.05) is 5.38 Å². The number of nitrogens with zero attached hydrogens (tertiary/aromatic N) is 1. The summed E-state index contributed by atoms with van der Waals surface area (Å²) in [4.78, 5) is 16.2. The Kier molecular flexibility index (Phi) is 4.39. The Hall–Kier alpha value is -1.88. The lowest BCUT2D eigenvalue weighted by Crippen LogP contribution is -2.30. The molecule has 0 saturated carbocycles. The van der Waals surface area contributed by atoms with Crippen LogP contribution in [0.4, 0.5) is 5.13 Å². The Balaban J connectivity index is 2.00. The summed E-state index contributed by atoms with van der Waals surface area (Å²) in [5, 5.41) is 5.25. The van der Waals surface area contributed by atoms with Crippen molar-refractivity contribution in [2.75, 3.05) is 5.32 Å². The monoisotopic (exact) mass is 290 g/mol. The van der Waals surface area contributed by atoms with Gasteiger partial charge in [-0.1, -0.05) is 17.7 Å². The number of carbonyl (C=O) groups excluding carboxylic acids is 1. The number of hydrogen-bond donors (Lipinski definition) is 1. The van der Waals surface area contributed by atoms with E-state index in [-0.39, 0.29) is 5.91 Å². The van der Waals surface area contributed by atoms with Gasteiger partial charge in [-0.15, -0.1) is 11.3 Å². The van der Waals surface area contributed by atoms with E-state index in [2.05, 4.69) is 10.3 Å². The van der Waals surface area contributed by atoms with Crippen LogP contribution in [0.2, 0.25) is 0 Å². The van der Waals surface area contributed by atoms with Gasteiger partial charge in [-0.25, -0.2) is 4.98 Å². The number of aromatic nitrogens is 1. The SMILES string of the molecule is Cc1ccc(O[C@@H](C)C(=O)Nc2nc(C)cs2)c(C)c1. The number of amides is 1. The van der Waals surface area contributed by atoms with E-state index in [1.165, 1.54) is 16.9 Å². The average Bonchev–Trinajstić information content (AvgIpc) is 2.78. The highest BCUT2D eigenvalue weighted by Gasteiger charge is 2.17. The van der Waals surface area contributed by atoms with Crippen molar-refractivity contribution in [3.05, 3.63) is 40.4 Å². The predicted molar refractivity (Wildman–Crippen MR) is 81.5 cm³/mol. The largest absolute Gasteiger partial charge is 0.481 e. The third-order valence-electron chi connectivity index (χ3n) is 2.85. The highest BCUT2D eigenvalue weighted by atomic mass is 32.1. The molecule has 1 aromatic carbocycles. The molecule has 2 rings (SSSR count). The molecule has 1 amide bonds. The van der Waals surface area contributed by atoms with Crippen molar-refractivity contribution in [1.82, 2.24) is 4.98 Å². The molecule has 4 nitrogen and oxygen atoms in total. The maximum Gasteiger partial charge on any atom is 0.266 e. The first kappa shape index (κ1) is 14.5. The molecule has 0 unspecified atom stereocenters. The lowest BCUT2D eigenvalue weighted by atomic mass is 10.1. The van der Waals surface area contributed by atoms with E-state index in [4.69, 9.17) is 4.74 Å². The molecule has 0 aliphatic heterocycles. The lowest BCUT2D eigenvalue weighted by molar-refractivity contribution is -0.122. The fourth-order valence-corrected chi connectivity index (χ4v) is 2.49. The van der Waals surface area contributed by atoms with E-state index in [0.717, 1.165) is 17.0 Å². The minimum atomic E-state index is -0.569. The molecule has 0 radical (unpaired) electrons. The molecule has 1 N–H and O–H groups in total. The second kappa shape index (κ2) is 6.05. The van der Waals surface area contributed by atoms with Crippen molar-refractivity contribution in [2.24, 2.45) is 0 Å². The Morgan fingerprint density at radius 1 is 1.35 bits per heavy atom. The third-order valence-corrected chi connectivity index (χ3v) is 3.73. The molecule has 1 aromatic heterocycles. The lowest BCUT2D eigenvalue weighted by Gasteiger charge is -2.15. The first-order valence-corrected chi connectivity index (χ1v) is 7.30. The minimum Gasteiger partial charge on any atom is -0.481 e. The normalized spacial score (nSPS) is 12.0. The summed E-state index contributed by atoms with van der Waals surface area (Å²) < 4.78 is 5.71. The summed E-state index contributed by atoms with van der Waals surface area (Å²) in [5.74, 6) is 0.535. The maximum absolute atomic E-state index is 12.0. The molecule has 0 fully saturated rings. The van der Waals surface area contributed by atoms with Gasteiger partial charge in [0.05, 0.1) is 5.69 Å². The van der Waals surface area contributed by atoms with Crippen molar-refractivity contribution in [3.8, 4) is 5.75 Å². The van der Waals surface area contributed by atoms with Gasteiger partial charge in [0.2, 0.25) is 0 Å². The summed E-state index contributed by atoms with van der Waals surface area (Å²) in [5.41, 5.74) is 3.09. The van der Waals surface area contributed by atoms with Crippen LogP contribution in [-0.2, 0) is 4.79 Å². The molecule has 0 bridgehead atoms. The number of anilines is 1. The van der Waals surface area contributed by atoms with Crippen molar-refractivity contribution in [1.29, 1.82) is 0 Å². The molecule has 0 aliphatic rings. The number of rotatable bonds is 4. The van der Waals surface area contributed by atoms with Crippen LogP contribution >= 0.6 is 11.3 Å². The van der Waals surface area contributed by atoms with Gasteiger partial charge < -0.3 is 4.74 Å². The van der Waals surface area contributed by atoms with Gasteiger partial charge in [-0.2, -0.15) is 0 Å². The fourth-order valence-electron chi connectivity index (χ4n) is 1.79. The van der Waals surface area contributed by atoms with Gasteiger partial charge in [-0.3, -0.25) is 10.1 Å². The van der Waals surface area contributed by atoms with Crippen LogP contribution in [-0.4, -0.2) is 17.0 Å². The van der Waals surface area contributed by atoms with Gasteiger partial charge in [0.1, 0.15) is 5.75 Å². The summed E-state index contributed by atoms with van der Waals surface area (Å²) in [6.07, 6.45) is -0.569. The Morgan fingerprint density at radius 3 is 2.70 bits per heavy atom. The van der Waals surface area contributed by atoms with Crippen LogP contribution in [0.15, 0.2) is 23.6 Å². The van der Waals surface area contributed by atoms with E-state index in [1.807, 2.05) is 44.4 Å². The third kappa shape index (κ3) is 3.57.